The average Bonchev–Trinajstić information content (AvgIpc) is 2.60. The van der Waals surface area contributed by atoms with Crippen molar-refractivity contribution in [2.24, 2.45) is 0 Å². The molecular formula is C9H14N4O2. The first-order valence-electron chi connectivity index (χ1n) is 5.02. The average molecular weight is 210 g/mol. The summed E-state index contributed by atoms with van der Waals surface area (Å²) in [6.45, 7) is 6.00. The molecule has 0 fully saturated rings. The van der Waals surface area contributed by atoms with Crippen LogP contribution in [0.5, 0.6) is 0 Å². The zero-order valence-electron chi connectivity index (χ0n) is 8.93. The Bertz CT molecular complexity index is 374. The first-order valence-corrected chi connectivity index (χ1v) is 5.02. The fourth-order valence-electron chi connectivity index (χ4n) is 1.67. The summed E-state index contributed by atoms with van der Waals surface area (Å²) in [6, 6.07) is 0. The van der Waals surface area contributed by atoms with E-state index in [4.69, 9.17) is 4.74 Å². The number of amides is 1. The van der Waals surface area contributed by atoms with E-state index in [-0.39, 0.29) is 6.09 Å². The lowest BCUT2D eigenvalue weighted by Crippen LogP contribution is -2.38. The molecule has 0 aromatic carbocycles. The SMILES string of the molecule is CCOC(=O)N1CCn2c(C)nnc2C1. The van der Waals surface area contributed by atoms with Crippen LogP contribution < -0.4 is 0 Å². The predicted octanol–water partition coefficient (Wildman–Crippen LogP) is 0.559. The Kier molecular flexibility index (Phi) is 2.57. The van der Waals surface area contributed by atoms with Gasteiger partial charge in [0.05, 0.1) is 13.2 Å². The topological polar surface area (TPSA) is 60.2 Å². The molecule has 1 aliphatic rings. The van der Waals surface area contributed by atoms with E-state index in [0.717, 1.165) is 18.2 Å². The number of fused-ring (bicyclic) bond motifs is 1. The third-order valence-corrected chi connectivity index (χ3v) is 2.46. The number of ether oxygens (including phenoxy) is 1. The fraction of sp³-hybridized carbons (Fsp3) is 0.667. The van der Waals surface area contributed by atoms with Crippen LogP contribution in [0.4, 0.5) is 4.79 Å². The molecule has 82 valence electrons. The predicted molar refractivity (Wildman–Crippen MR) is 52.2 cm³/mol. The van der Waals surface area contributed by atoms with Crippen LogP contribution in [-0.4, -0.2) is 38.9 Å². The van der Waals surface area contributed by atoms with Gasteiger partial charge in [0.15, 0.2) is 5.82 Å². The maximum absolute atomic E-state index is 11.5. The van der Waals surface area contributed by atoms with Gasteiger partial charge in [0.1, 0.15) is 5.82 Å². The maximum Gasteiger partial charge on any atom is 0.410 e. The van der Waals surface area contributed by atoms with Gasteiger partial charge in [-0.1, -0.05) is 0 Å². The van der Waals surface area contributed by atoms with Gasteiger partial charge >= 0.3 is 6.09 Å². The molecule has 1 aromatic heterocycles. The van der Waals surface area contributed by atoms with Crippen molar-refractivity contribution in [1.82, 2.24) is 19.7 Å². The van der Waals surface area contributed by atoms with Gasteiger partial charge in [-0.3, -0.25) is 4.90 Å². The van der Waals surface area contributed by atoms with Gasteiger partial charge in [0.25, 0.3) is 0 Å². The largest absolute Gasteiger partial charge is 0.450 e. The molecule has 6 nitrogen and oxygen atoms in total. The van der Waals surface area contributed by atoms with E-state index in [2.05, 4.69) is 10.2 Å². The number of aromatic nitrogens is 3. The van der Waals surface area contributed by atoms with Gasteiger partial charge in [0.2, 0.25) is 0 Å². The van der Waals surface area contributed by atoms with Crippen molar-refractivity contribution < 1.29 is 9.53 Å². The van der Waals surface area contributed by atoms with Crippen LogP contribution in [0.25, 0.3) is 0 Å². The van der Waals surface area contributed by atoms with Crippen molar-refractivity contribution in [2.75, 3.05) is 13.2 Å². The third-order valence-electron chi connectivity index (χ3n) is 2.46. The van der Waals surface area contributed by atoms with Crippen molar-refractivity contribution in [3.63, 3.8) is 0 Å². The number of carbonyl (C=O) groups excluding carboxylic acids is 1. The Balaban J connectivity index is 2.09. The zero-order chi connectivity index (χ0) is 10.8. The molecule has 2 rings (SSSR count). The highest BCUT2D eigenvalue weighted by Crippen LogP contribution is 2.12. The van der Waals surface area contributed by atoms with Gasteiger partial charge in [0, 0.05) is 13.1 Å². The van der Waals surface area contributed by atoms with Crippen molar-refractivity contribution >= 4 is 6.09 Å². The van der Waals surface area contributed by atoms with Crippen LogP contribution in [0.15, 0.2) is 0 Å². The molecular weight excluding hydrogens is 196 g/mol. The van der Waals surface area contributed by atoms with E-state index >= 15 is 0 Å². The Morgan fingerprint density at radius 3 is 3.00 bits per heavy atom. The molecule has 0 saturated carbocycles. The summed E-state index contributed by atoms with van der Waals surface area (Å²) >= 11 is 0. The van der Waals surface area contributed by atoms with Crippen molar-refractivity contribution in [1.29, 1.82) is 0 Å². The Morgan fingerprint density at radius 1 is 1.47 bits per heavy atom. The summed E-state index contributed by atoms with van der Waals surface area (Å²) in [6.07, 6.45) is -0.274. The molecule has 1 aromatic rings. The molecule has 0 saturated heterocycles. The third kappa shape index (κ3) is 1.79. The second kappa shape index (κ2) is 3.88. The lowest BCUT2D eigenvalue weighted by atomic mass is 10.3. The fourth-order valence-corrected chi connectivity index (χ4v) is 1.67. The summed E-state index contributed by atoms with van der Waals surface area (Å²) in [7, 11) is 0. The summed E-state index contributed by atoms with van der Waals surface area (Å²) in [5.74, 6) is 1.72. The molecule has 0 unspecified atom stereocenters. The molecule has 0 atom stereocenters. The second-order valence-corrected chi connectivity index (χ2v) is 3.44. The minimum absolute atomic E-state index is 0.274. The van der Waals surface area contributed by atoms with E-state index in [1.165, 1.54) is 0 Å². The van der Waals surface area contributed by atoms with Crippen LogP contribution in [0.3, 0.4) is 0 Å². The van der Waals surface area contributed by atoms with Crippen molar-refractivity contribution in [2.45, 2.75) is 26.9 Å². The minimum atomic E-state index is -0.274. The van der Waals surface area contributed by atoms with Gasteiger partial charge in [-0.2, -0.15) is 0 Å². The molecule has 1 amide bonds. The standard InChI is InChI=1S/C9H14N4O2/c1-3-15-9(14)12-4-5-13-7(2)10-11-8(13)6-12/h3-6H2,1-2H3. The first kappa shape index (κ1) is 9.95. The summed E-state index contributed by atoms with van der Waals surface area (Å²) in [4.78, 5) is 13.1. The van der Waals surface area contributed by atoms with Crippen molar-refractivity contribution in [3.8, 4) is 0 Å². The molecule has 2 heterocycles. The van der Waals surface area contributed by atoms with Crippen LogP contribution in [0.2, 0.25) is 0 Å². The minimum Gasteiger partial charge on any atom is -0.450 e. The number of hydrogen-bond acceptors (Lipinski definition) is 4. The van der Waals surface area contributed by atoms with E-state index in [9.17, 15) is 4.79 Å². The van der Waals surface area contributed by atoms with Crippen LogP contribution in [0, 0.1) is 6.92 Å². The molecule has 0 spiro atoms. The quantitative estimate of drug-likeness (QED) is 0.679. The number of hydrogen-bond donors (Lipinski definition) is 0. The summed E-state index contributed by atoms with van der Waals surface area (Å²) in [5, 5.41) is 7.98. The molecule has 0 aliphatic carbocycles. The molecule has 0 N–H and O–H groups in total. The van der Waals surface area contributed by atoms with E-state index in [1.807, 2.05) is 11.5 Å². The number of rotatable bonds is 1. The number of aryl methyl sites for hydroxylation is 1. The van der Waals surface area contributed by atoms with Gasteiger partial charge in [-0.25, -0.2) is 4.79 Å². The Labute approximate surface area is 87.8 Å². The van der Waals surface area contributed by atoms with Gasteiger partial charge < -0.3 is 9.30 Å². The van der Waals surface area contributed by atoms with Crippen LogP contribution in [-0.2, 0) is 17.8 Å². The number of nitrogens with zero attached hydrogens (tertiary/aromatic N) is 4. The van der Waals surface area contributed by atoms with Crippen molar-refractivity contribution in [3.05, 3.63) is 11.6 Å². The molecule has 1 aliphatic heterocycles. The number of carbonyl (C=O) groups is 1. The highest BCUT2D eigenvalue weighted by atomic mass is 16.6. The summed E-state index contributed by atoms with van der Waals surface area (Å²) < 4.78 is 6.96. The van der Waals surface area contributed by atoms with E-state index < -0.39 is 0 Å². The first-order chi connectivity index (χ1) is 7.22. The monoisotopic (exact) mass is 210 g/mol. The molecule has 0 radical (unpaired) electrons. The van der Waals surface area contributed by atoms with E-state index in [0.29, 0.717) is 19.7 Å². The summed E-state index contributed by atoms with van der Waals surface area (Å²) in [5.41, 5.74) is 0. The van der Waals surface area contributed by atoms with Gasteiger partial charge in [-0.15, -0.1) is 10.2 Å². The van der Waals surface area contributed by atoms with E-state index in [1.54, 1.807) is 11.8 Å². The molecule has 6 heteroatoms. The lowest BCUT2D eigenvalue weighted by Gasteiger charge is -2.26. The highest BCUT2D eigenvalue weighted by molar-refractivity contribution is 5.67. The molecule has 15 heavy (non-hydrogen) atoms. The van der Waals surface area contributed by atoms with Gasteiger partial charge in [-0.05, 0) is 13.8 Å². The van der Waals surface area contributed by atoms with Crippen LogP contribution >= 0.6 is 0 Å². The normalized spacial score (nSPS) is 14.9. The second-order valence-electron chi connectivity index (χ2n) is 3.44. The zero-order valence-corrected chi connectivity index (χ0v) is 8.93. The smallest absolute Gasteiger partial charge is 0.410 e. The maximum atomic E-state index is 11.5. The molecule has 0 bridgehead atoms. The van der Waals surface area contributed by atoms with Crippen LogP contribution in [0.1, 0.15) is 18.6 Å². The Morgan fingerprint density at radius 2 is 2.27 bits per heavy atom. The lowest BCUT2D eigenvalue weighted by molar-refractivity contribution is 0.0961. The Hall–Kier alpha value is -1.59. The highest BCUT2D eigenvalue weighted by Gasteiger charge is 2.23.